The highest BCUT2D eigenvalue weighted by Crippen LogP contribution is 2.34. The lowest BCUT2D eigenvalue weighted by atomic mass is 10.2. The van der Waals surface area contributed by atoms with Gasteiger partial charge in [0, 0.05) is 15.3 Å². The van der Waals surface area contributed by atoms with Crippen molar-refractivity contribution in [2.45, 2.75) is 32.6 Å². The molecule has 0 aliphatic heterocycles. The zero-order chi connectivity index (χ0) is 16.2. The molecule has 2 aromatic heterocycles. The Morgan fingerprint density at radius 2 is 1.91 bits per heavy atom. The van der Waals surface area contributed by atoms with Crippen molar-refractivity contribution >= 4 is 49.6 Å². The van der Waals surface area contributed by atoms with E-state index in [1.807, 2.05) is 6.07 Å². The number of ether oxygens (including phenoxy) is 1. The van der Waals surface area contributed by atoms with Crippen LogP contribution in [0, 0.1) is 0 Å². The van der Waals surface area contributed by atoms with Crippen LogP contribution in [-0.2, 0) is 6.42 Å². The van der Waals surface area contributed by atoms with Gasteiger partial charge >= 0.3 is 5.97 Å². The predicted molar refractivity (Wildman–Crippen MR) is 99.3 cm³/mol. The normalized spacial score (nSPS) is 11.0. The van der Waals surface area contributed by atoms with E-state index in [9.17, 15) is 4.79 Å². The largest absolute Gasteiger partial charge is 0.422 e. The smallest absolute Gasteiger partial charge is 0.353 e. The second-order valence-corrected chi connectivity index (χ2v) is 8.25. The van der Waals surface area contributed by atoms with Crippen molar-refractivity contribution in [2.75, 3.05) is 0 Å². The lowest BCUT2D eigenvalue weighted by molar-refractivity contribution is 0.0740. The van der Waals surface area contributed by atoms with Gasteiger partial charge in [-0.3, -0.25) is 0 Å². The van der Waals surface area contributed by atoms with Crippen LogP contribution in [0.2, 0.25) is 5.02 Å². The van der Waals surface area contributed by atoms with Crippen LogP contribution in [0.15, 0.2) is 36.4 Å². The molecule has 3 rings (SSSR count). The van der Waals surface area contributed by atoms with Crippen molar-refractivity contribution in [3.63, 3.8) is 0 Å². The molecule has 0 radical (unpaired) electrons. The molecule has 23 heavy (non-hydrogen) atoms. The maximum atomic E-state index is 12.2. The van der Waals surface area contributed by atoms with Gasteiger partial charge in [0.25, 0.3) is 0 Å². The molecule has 1 aromatic carbocycles. The average molecular weight is 365 g/mol. The summed E-state index contributed by atoms with van der Waals surface area (Å²) < 4.78 is 6.58. The molecule has 120 valence electrons. The van der Waals surface area contributed by atoms with Crippen molar-refractivity contribution in [2.24, 2.45) is 0 Å². The molecule has 2 nitrogen and oxygen atoms in total. The van der Waals surface area contributed by atoms with Gasteiger partial charge in [-0.25, -0.2) is 4.79 Å². The molecule has 0 amide bonds. The highest BCUT2D eigenvalue weighted by atomic mass is 35.5. The number of hydrogen-bond acceptors (Lipinski definition) is 4. The molecule has 0 atom stereocenters. The van der Waals surface area contributed by atoms with Crippen LogP contribution in [0.1, 0.15) is 40.7 Å². The van der Waals surface area contributed by atoms with Gasteiger partial charge < -0.3 is 4.74 Å². The molecule has 0 unspecified atom stereocenters. The number of carbonyl (C=O) groups excluding carboxylic acids is 1. The second kappa shape index (κ2) is 7.47. The SMILES string of the molecule is CCCCCc1cc2cc(C(=O)Oc3ccc(Cl)cc3)sc2s1. The number of rotatable bonds is 6. The van der Waals surface area contributed by atoms with Gasteiger partial charge in [-0.2, -0.15) is 0 Å². The van der Waals surface area contributed by atoms with Crippen molar-refractivity contribution in [3.05, 3.63) is 51.2 Å². The number of unbranched alkanes of at least 4 members (excludes halogenated alkanes) is 2. The Kier molecular flexibility index (Phi) is 5.36. The van der Waals surface area contributed by atoms with E-state index in [1.165, 1.54) is 39.5 Å². The van der Waals surface area contributed by atoms with Crippen molar-refractivity contribution in [1.29, 1.82) is 0 Å². The minimum Gasteiger partial charge on any atom is -0.422 e. The minimum atomic E-state index is -0.312. The van der Waals surface area contributed by atoms with E-state index in [1.54, 1.807) is 35.6 Å². The van der Waals surface area contributed by atoms with Crippen LogP contribution in [0.4, 0.5) is 0 Å². The second-order valence-electron chi connectivity index (χ2n) is 5.37. The zero-order valence-corrected chi connectivity index (χ0v) is 15.2. The maximum absolute atomic E-state index is 12.2. The number of fused-ring (bicyclic) bond motifs is 1. The predicted octanol–water partition coefficient (Wildman–Crippen LogP) is 6.57. The average Bonchev–Trinajstić information content (AvgIpc) is 3.08. The first-order chi connectivity index (χ1) is 11.2. The van der Waals surface area contributed by atoms with E-state index >= 15 is 0 Å². The van der Waals surface area contributed by atoms with Crippen molar-refractivity contribution in [1.82, 2.24) is 0 Å². The van der Waals surface area contributed by atoms with Crippen LogP contribution in [-0.4, -0.2) is 5.97 Å². The molecule has 0 bridgehead atoms. The molecule has 0 aliphatic carbocycles. The highest BCUT2D eigenvalue weighted by molar-refractivity contribution is 7.39. The van der Waals surface area contributed by atoms with Gasteiger partial charge in [-0.15, -0.1) is 22.7 Å². The number of thiophene rings is 2. The molecule has 0 spiro atoms. The van der Waals surface area contributed by atoms with Crippen LogP contribution >= 0.6 is 34.3 Å². The summed E-state index contributed by atoms with van der Waals surface area (Å²) in [7, 11) is 0. The van der Waals surface area contributed by atoms with Crippen molar-refractivity contribution in [3.8, 4) is 5.75 Å². The first-order valence-electron chi connectivity index (χ1n) is 7.65. The van der Waals surface area contributed by atoms with E-state index in [-0.39, 0.29) is 5.97 Å². The molecule has 3 aromatic rings. The van der Waals surface area contributed by atoms with E-state index in [4.69, 9.17) is 16.3 Å². The Morgan fingerprint density at radius 1 is 1.13 bits per heavy atom. The lowest BCUT2D eigenvalue weighted by Gasteiger charge is -2.02. The van der Waals surface area contributed by atoms with Crippen LogP contribution in [0.5, 0.6) is 5.75 Å². The van der Waals surface area contributed by atoms with Gasteiger partial charge in [0.05, 0.1) is 4.01 Å². The van der Waals surface area contributed by atoms with Gasteiger partial charge in [0.1, 0.15) is 10.6 Å². The molecule has 0 fully saturated rings. The quantitative estimate of drug-likeness (QED) is 0.281. The number of hydrogen-bond donors (Lipinski definition) is 0. The Bertz CT molecular complexity index is 771. The standard InChI is InChI=1S/C18H17ClO2S2/c1-2-3-4-5-15-10-12-11-16(23-18(12)22-15)17(20)21-14-8-6-13(19)7-9-14/h6-11H,2-5H2,1H3. The first kappa shape index (κ1) is 16.5. The molecule has 2 heterocycles. The molecular formula is C18H17ClO2S2. The van der Waals surface area contributed by atoms with Crippen molar-refractivity contribution < 1.29 is 9.53 Å². The summed E-state index contributed by atoms with van der Waals surface area (Å²) in [5.74, 6) is 0.199. The van der Waals surface area contributed by atoms with E-state index in [0.717, 1.165) is 11.8 Å². The summed E-state index contributed by atoms with van der Waals surface area (Å²) in [6.45, 7) is 2.21. The monoisotopic (exact) mass is 364 g/mol. The number of aryl methyl sites for hydroxylation is 1. The zero-order valence-electron chi connectivity index (χ0n) is 12.8. The summed E-state index contributed by atoms with van der Waals surface area (Å²) in [4.78, 5) is 14.3. The van der Waals surface area contributed by atoms with E-state index in [0.29, 0.717) is 15.6 Å². The third-order valence-corrected chi connectivity index (χ3v) is 6.20. The molecular weight excluding hydrogens is 348 g/mol. The third-order valence-electron chi connectivity index (χ3n) is 3.52. The number of esters is 1. The highest BCUT2D eigenvalue weighted by Gasteiger charge is 2.14. The van der Waals surface area contributed by atoms with E-state index in [2.05, 4.69) is 13.0 Å². The van der Waals surface area contributed by atoms with Crippen LogP contribution in [0.3, 0.4) is 0 Å². The summed E-state index contributed by atoms with van der Waals surface area (Å²) >= 11 is 9.12. The molecule has 0 saturated carbocycles. The van der Waals surface area contributed by atoms with Gasteiger partial charge in [0.15, 0.2) is 0 Å². The number of benzene rings is 1. The fourth-order valence-corrected chi connectivity index (χ4v) is 4.86. The van der Waals surface area contributed by atoms with Crippen LogP contribution in [0.25, 0.3) is 9.40 Å². The summed E-state index contributed by atoms with van der Waals surface area (Å²) in [6.07, 6.45) is 4.87. The molecule has 5 heteroatoms. The number of halogens is 1. The topological polar surface area (TPSA) is 26.3 Å². The fourth-order valence-electron chi connectivity index (χ4n) is 2.32. The van der Waals surface area contributed by atoms with E-state index < -0.39 is 0 Å². The first-order valence-corrected chi connectivity index (χ1v) is 9.67. The Hall–Kier alpha value is -1.36. The maximum Gasteiger partial charge on any atom is 0.353 e. The van der Waals surface area contributed by atoms with Gasteiger partial charge in [0.2, 0.25) is 0 Å². The Balaban J connectivity index is 1.69. The Labute approximate surface area is 148 Å². The molecule has 0 saturated heterocycles. The minimum absolute atomic E-state index is 0.312. The summed E-state index contributed by atoms with van der Waals surface area (Å²) in [5, 5.41) is 1.77. The summed E-state index contributed by atoms with van der Waals surface area (Å²) in [5.41, 5.74) is 0. The molecule has 0 N–H and O–H groups in total. The third kappa shape index (κ3) is 4.14. The van der Waals surface area contributed by atoms with Crippen LogP contribution < -0.4 is 4.74 Å². The lowest BCUT2D eigenvalue weighted by Crippen LogP contribution is -2.05. The fraction of sp³-hybridized carbons (Fsp3) is 0.278. The van der Waals surface area contributed by atoms with Gasteiger partial charge in [-0.05, 0) is 49.2 Å². The summed E-state index contributed by atoms with van der Waals surface area (Å²) in [6, 6.07) is 10.9. The molecule has 0 aliphatic rings. The Morgan fingerprint density at radius 3 is 2.61 bits per heavy atom. The number of carbonyl (C=O) groups is 1. The van der Waals surface area contributed by atoms with Gasteiger partial charge in [-0.1, -0.05) is 31.4 Å².